The van der Waals surface area contributed by atoms with E-state index in [2.05, 4.69) is 5.32 Å². The van der Waals surface area contributed by atoms with Gasteiger partial charge in [0.1, 0.15) is 11.6 Å². The van der Waals surface area contributed by atoms with E-state index in [4.69, 9.17) is 16.0 Å². The van der Waals surface area contributed by atoms with Crippen LogP contribution in [0.5, 0.6) is 0 Å². The van der Waals surface area contributed by atoms with E-state index in [9.17, 15) is 14.0 Å². The molecule has 0 saturated carbocycles. The van der Waals surface area contributed by atoms with Crippen LogP contribution >= 0.6 is 11.6 Å². The van der Waals surface area contributed by atoms with Gasteiger partial charge in [0.25, 0.3) is 5.91 Å². The minimum Gasteiger partial charge on any atom is -0.466 e. The van der Waals surface area contributed by atoms with E-state index >= 15 is 0 Å². The molecule has 1 aromatic heterocycles. The maximum absolute atomic E-state index is 13.9. The van der Waals surface area contributed by atoms with Gasteiger partial charge in [0.2, 0.25) is 0 Å². The number of nitrogens with one attached hydrogen (secondary N) is 1. The Labute approximate surface area is 130 Å². The lowest BCUT2D eigenvalue weighted by Crippen LogP contribution is -2.40. The second-order valence-electron chi connectivity index (χ2n) is 5.12. The van der Waals surface area contributed by atoms with Crippen molar-refractivity contribution in [2.75, 3.05) is 0 Å². The van der Waals surface area contributed by atoms with E-state index in [1.165, 1.54) is 31.4 Å². The number of rotatable bonds is 3. The third kappa shape index (κ3) is 2.16. The molecule has 1 fully saturated rings. The molecule has 1 aromatic carbocycles. The van der Waals surface area contributed by atoms with Crippen molar-refractivity contribution in [1.29, 1.82) is 0 Å². The number of urea groups is 1. The Kier molecular flexibility index (Phi) is 3.41. The number of hydrogen-bond donors (Lipinski definition) is 1. The molecule has 1 N–H and O–H groups in total. The zero-order chi connectivity index (χ0) is 15.9. The van der Waals surface area contributed by atoms with Crippen LogP contribution < -0.4 is 5.32 Å². The number of nitrogens with zero attached hydrogens (tertiary/aromatic N) is 1. The Morgan fingerprint density at radius 3 is 2.73 bits per heavy atom. The fraction of sp³-hybridized carbons (Fsp3) is 0.200. The molecule has 3 rings (SSSR count). The Balaban J connectivity index is 1.93. The van der Waals surface area contributed by atoms with Gasteiger partial charge in [-0.25, -0.2) is 9.18 Å². The molecular formula is C15H12ClFN2O3. The second-order valence-corrected chi connectivity index (χ2v) is 5.53. The first-order valence-corrected chi connectivity index (χ1v) is 6.92. The zero-order valence-corrected chi connectivity index (χ0v) is 12.4. The molecule has 5 nitrogen and oxygen atoms in total. The number of imide groups is 1. The van der Waals surface area contributed by atoms with Gasteiger partial charge >= 0.3 is 6.03 Å². The molecule has 1 aliphatic rings. The van der Waals surface area contributed by atoms with E-state index in [1.54, 1.807) is 12.1 Å². The summed E-state index contributed by atoms with van der Waals surface area (Å²) in [4.78, 5) is 25.6. The lowest BCUT2D eigenvalue weighted by molar-refractivity contribution is -0.132. The normalized spacial score (nSPS) is 21.3. The van der Waals surface area contributed by atoms with Crippen molar-refractivity contribution in [3.8, 4) is 0 Å². The van der Waals surface area contributed by atoms with Crippen LogP contribution in [0.1, 0.15) is 18.2 Å². The topological polar surface area (TPSA) is 62.6 Å². The number of halogens is 2. The second kappa shape index (κ2) is 5.14. The fourth-order valence-electron chi connectivity index (χ4n) is 2.41. The summed E-state index contributed by atoms with van der Waals surface area (Å²) < 4.78 is 19.1. The summed E-state index contributed by atoms with van der Waals surface area (Å²) in [6.07, 6.45) is 1.41. The Morgan fingerprint density at radius 1 is 1.32 bits per heavy atom. The van der Waals surface area contributed by atoms with Crippen molar-refractivity contribution >= 4 is 23.5 Å². The molecular weight excluding hydrogens is 311 g/mol. The van der Waals surface area contributed by atoms with Crippen molar-refractivity contribution in [1.82, 2.24) is 10.2 Å². The van der Waals surface area contributed by atoms with E-state index in [-0.39, 0.29) is 17.1 Å². The molecule has 7 heteroatoms. The SMILES string of the molecule is C[C@]1(c2ccco2)NC(=O)N(Cc2c(F)cccc2Cl)C1=O. The number of hydrogen-bond acceptors (Lipinski definition) is 3. The maximum atomic E-state index is 13.9. The highest BCUT2D eigenvalue weighted by Gasteiger charge is 2.51. The van der Waals surface area contributed by atoms with Crippen LogP contribution in [0.4, 0.5) is 9.18 Å². The minimum absolute atomic E-state index is 0.0939. The van der Waals surface area contributed by atoms with E-state index in [0.717, 1.165) is 4.90 Å². The van der Waals surface area contributed by atoms with Gasteiger partial charge in [-0.1, -0.05) is 17.7 Å². The first kappa shape index (κ1) is 14.6. The van der Waals surface area contributed by atoms with Crippen LogP contribution in [0, 0.1) is 5.82 Å². The third-order valence-electron chi connectivity index (χ3n) is 3.67. The summed E-state index contributed by atoms with van der Waals surface area (Å²) in [7, 11) is 0. The molecule has 1 atom stereocenters. The summed E-state index contributed by atoms with van der Waals surface area (Å²) in [5, 5.41) is 2.73. The van der Waals surface area contributed by atoms with Crippen molar-refractivity contribution in [3.05, 3.63) is 58.8 Å². The van der Waals surface area contributed by atoms with Gasteiger partial charge in [-0.05, 0) is 31.2 Å². The Morgan fingerprint density at radius 2 is 2.09 bits per heavy atom. The standard InChI is InChI=1S/C15H12ClFN2O3/c1-15(12-6-3-7-22-12)13(20)19(14(21)18-15)8-9-10(16)4-2-5-11(9)17/h2-7H,8H2,1H3,(H,18,21)/t15-/m1/s1. The van der Waals surface area contributed by atoms with E-state index < -0.39 is 23.3 Å². The highest BCUT2D eigenvalue weighted by atomic mass is 35.5. The fourth-order valence-corrected chi connectivity index (χ4v) is 2.63. The van der Waals surface area contributed by atoms with Crippen molar-refractivity contribution in [2.45, 2.75) is 19.0 Å². The molecule has 0 spiro atoms. The average molecular weight is 323 g/mol. The average Bonchev–Trinajstić information content (AvgIpc) is 3.06. The molecule has 1 saturated heterocycles. The van der Waals surface area contributed by atoms with Gasteiger partial charge in [0.05, 0.1) is 12.8 Å². The van der Waals surface area contributed by atoms with E-state index in [0.29, 0.717) is 5.76 Å². The largest absolute Gasteiger partial charge is 0.466 e. The number of carbonyl (C=O) groups is 2. The maximum Gasteiger partial charge on any atom is 0.325 e. The van der Waals surface area contributed by atoms with Gasteiger partial charge in [0.15, 0.2) is 5.54 Å². The van der Waals surface area contributed by atoms with Crippen LogP contribution in [-0.2, 0) is 16.9 Å². The summed E-state index contributed by atoms with van der Waals surface area (Å²) in [5.74, 6) is -0.778. The predicted octanol–water partition coefficient (Wildman–Crippen LogP) is 3.04. The molecule has 0 radical (unpaired) electrons. The predicted molar refractivity (Wildman–Crippen MR) is 76.6 cm³/mol. The van der Waals surface area contributed by atoms with Gasteiger partial charge < -0.3 is 9.73 Å². The minimum atomic E-state index is -1.31. The third-order valence-corrected chi connectivity index (χ3v) is 4.02. The van der Waals surface area contributed by atoms with Gasteiger partial charge in [-0.3, -0.25) is 9.69 Å². The number of amides is 3. The molecule has 22 heavy (non-hydrogen) atoms. The molecule has 3 amide bonds. The van der Waals surface area contributed by atoms with Crippen LogP contribution in [0.2, 0.25) is 5.02 Å². The Hall–Kier alpha value is -2.34. The summed E-state index contributed by atoms with van der Waals surface area (Å²) in [5.41, 5.74) is -1.21. The Bertz CT molecular complexity index is 727. The first-order valence-electron chi connectivity index (χ1n) is 6.54. The molecule has 114 valence electrons. The summed E-state index contributed by atoms with van der Waals surface area (Å²) >= 11 is 5.95. The quantitative estimate of drug-likeness (QED) is 0.883. The summed E-state index contributed by atoms with van der Waals surface area (Å²) in [6, 6.07) is 6.78. The molecule has 0 unspecified atom stereocenters. The number of benzene rings is 1. The van der Waals surface area contributed by atoms with Crippen molar-refractivity contribution in [2.24, 2.45) is 0 Å². The highest BCUT2D eigenvalue weighted by molar-refractivity contribution is 6.31. The van der Waals surface area contributed by atoms with Crippen LogP contribution in [0.25, 0.3) is 0 Å². The smallest absolute Gasteiger partial charge is 0.325 e. The monoisotopic (exact) mass is 322 g/mol. The molecule has 0 aliphatic carbocycles. The van der Waals surface area contributed by atoms with Gasteiger partial charge in [-0.15, -0.1) is 0 Å². The van der Waals surface area contributed by atoms with Crippen LogP contribution in [-0.4, -0.2) is 16.8 Å². The van der Waals surface area contributed by atoms with Crippen LogP contribution in [0.3, 0.4) is 0 Å². The lowest BCUT2D eigenvalue weighted by Gasteiger charge is -2.19. The highest BCUT2D eigenvalue weighted by Crippen LogP contribution is 2.31. The number of carbonyl (C=O) groups excluding carboxylic acids is 2. The molecule has 2 heterocycles. The van der Waals surface area contributed by atoms with Crippen LogP contribution in [0.15, 0.2) is 41.0 Å². The van der Waals surface area contributed by atoms with Crippen molar-refractivity contribution in [3.63, 3.8) is 0 Å². The lowest BCUT2D eigenvalue weighted by atomic mass is 9.99. The first-order chi connectivity index (χ1) is 10.4. The van der Waals surface area contributed by atoms with Gasteiger partial charge in [-0.2, -0.15) is 0 Å². The van der Waals surface area contributed by atoms with E-state index in [1.807, 2.05) is 0 Å². The van der Waals surface area contributed by atoms with Gasteiger partial charge in [0, 0.05) is 10.6 Å². The number of furan rings is 1. The molecule has 1 aliphatic heterocycles. The molecule has 0 bridgehead atoms. The zero-order valence-electron chi connectivity index (χ0n) is 11.6. The molecule has 2 aromatic rings. The van der Waals surface area contributed by atoms with Crippen molar-refractivity contribution < 1.29 is 18.4 Å². The summed E-state index contributed by atoms with van der Waals surface area (Å²) in [6.45, 7) is 1.29.